The van der Waals surface area contributed by atoms with E-state index in [1.165, 1.54) is 30.9 Å². The summed E-state index contributed by atoms with van der Waals surface area (Å²) < 4.78 is 2.28. The minimum atomic E-state index is -0.470. The quantitative estimate of drug-likeness (QED) is 0.760. The number of pyridine rings is 1. The van der Waals surface area contributed by atoms with Crippen molar-refractivity contribution in [3.05, 3.63) is 38.7 Å². The predicted octanol–water partition coefficient (Wildman–Crippen LogP) is -0.0571. The Morgan fingerprint density at radius 1 is 1.32 bits per heavy atom. The van der Waals surface area contributed by atoms with E-state index < -0.39 is 11.2 Å². The minimum Gasteiger partial charge on any atom is -0.348 e. The Morgan fingerprint density at radius 3 is 2.52 bits per heavy atom. The van der Waals surface area contributed by atoms with Gasteiger partial charge in [0.2, 0.25) is 0 Å². The van der Waals surface area contributed by atoms with Crippen LogP contribution in [0.4, 0.5) is 0 Å². The van der Waals surface area contributed by atoms with Gasteiger partial charge in [-0.3, -0.25) is 18.7 Å². The molecule has 0 bridgehead atoms. The Morgan fingerprint density at radius 2 is 1.96 bits per heavy atom. The summed E-state index contributed by atoms with van der Waals surface area (Å²) in [5.74, 6) is 0.128. The zero-order valence-corrected chi connectivity index (χ0v) is 15.5. The number of aromatic nitrogens is 3. The van der Waals surface area contributed by atoms with E-state index in [0.29, 0.717) is 12.5 Å². The molecule has 2 aromatic rings. The molecule has 0 aliphatic heterocycles. The second-order valence-corrected chi connectivity index (χ2v) is 5.95. The highest BCUT2D eigenvalue weighted by molar-refractivity contribution is 5.96. The van der Waals surface area contributed by atoms with Crippen LogP contribution in [0.3, 0.4) is 0 Å². The second-order valence-electron chi connectivity index (χ2n) is 5.95. The highest BCUT2D eigenvalue weighted by Gasteiger charge is 2.31. The van der Waals surface area contributed by atoms with Crippen molar-refractivity contribution in [1.82, 2.24) is 19.4 Å². The molecule has 1 unspecified atom stereocenters. The van der Waals surface area contributed by atoms with Crippen LogP contribution in [-0.2, 0) is 14.1 Å². The van der Waals surface area contributed by atoms with Crippen LogP contribution in [0.25, 0.3) is 11.0 Å². The summed E-state index contributed by atoms with van der Waals surface area (Å²) >= 11 is 0. The molecule has 0 saturated heterocycles. The van der Waals surface area contributed by atoms with Gasteiger partial charge >= 0.3 is 5.69 Å². The first-order valence-electron chi connectivity index (χ1n) is 7.50. The lowest BCUT2D eigenvalue weighted by molar-refractivity contribution is 0.0933. The van der Waals surface area contributed by atoms with Crippen LogP contribution in [-0.4, -0.2) is 32.6 Å². The summed E-state index contributed by atoms with van der Waals surface area (Å²) in [6.45, 7) is 0.383. The Labute approximate surface area is 156 Å². The van der Waals surface area contributed by atoms with E-state index in [9.17, 15) is 14.4 Å². The van der Waals surface area contributed by atoms with Gasteiger partial charge in [-0.1, -0.05) is 0 Å². The Hall–Kier alpha value is -1.90. The van der Waals surface area contributed by atoms with Crippen LogP contribution in [0.1, 0.15) is 23.2 Å². The van der Waals surface area contributed by atoms with Crippen molar-refractivity contribution in [2.45, 2.75) is 18.9 Å². The first-order chi connectivity index (χ1) is 10.9. The molecule has 10 heteroatoms. The van der Waals surface area contributed by atoms with E-state index >= 15 is 0 Å². The van der Waals surface area contributed by atoms with Gasteiger partial charge in [0.25, 0.3) is 11.5 Å². The maximum atomic E-state index is 12.4. The average Bonchev–Trinajstić information content (AvgIpc) is 3.40. The number of fused-ring (bicyclic) bond motifs is 1. The Balaban J connectivity index is 0.00000156. The van der Waals surface area contributed by atoms with Gasteiger partial charge in [0.1, 0.15) is 5.65 Å². The molecule has 1 atom stereocenters. The van der Waals surface area contributed by atoms with Crippen molar-refractivity contribution in [3.8, 4) is 0 Å². The number of hydrogen-bond acceptors (Lipinski definition) is 5. The third-order valence-corrected chi connectivity index (χ3v) is 4.32. The number of amides is 1. The first-order valence-corrected chi connectivity index (χ1v) is 7.50. The number of nitrogens with zero attached hydrogens (tertiary/aromatic N) is 3. The Bertz CT molecular complexity index is 904. The van der Waals surface area contributed by atoms with Crippen molar-refractivity contribution < 1.29 is 4.79 Å². The molecule has 138 valence electrons. The van der Waals surface area contributed by atoms with E-state index in [1.807, 2.05) is 0 Å². The summed E-state index contributed by atoms with van der Waals surface area (Å²) in [5.41, 5.74) is 5.31. The van der Waals surface area contributed by atoms with Crippen LogP contribution in [0.5, 0.6) is 0 Å². The molecule has 1 saturated carbocycles. The SMILES string of the molecule is Cl.Cl.Cn1c(=O)c2cc(C(=O)NC(CN)C3CC3)cnc2n(C)c1=O. The lowest BCUT2D eigenvalue weighted by Gasteiger charge is -2.16. The molecule has 2 heterocycles. The molecule has 1 fully saturated rings. The monoisotopic (exact) mass is 389 g/mol. The van der Waals surface area contributed by atoms with Gasteiger partial charge in [-0.2, -0.15) is 0 Å². The van der Waals surface area contributed by atoms with Crippen LogP contribution < -0.4 is 22.3 Å². The maximum Gasteiger partial charge on any atom is 0.332 e. The third-order valence-electron chi connectivity index (χ3n) is 4.32. The van der Waals surface area contributed by atoms with Crippen LogP contribution >= 0.6 is 24.8 Å². The molecule has 0 aromatic carbocycles. The van der Waals surface area contributed by atoms with E-state index in [0.717, 1.165) is 17.4 Å². The number of carbonyl (C=O) groups is 1. The Kier molecular flexibility index (Phi) is 6.75. The van der Waals surface area contributed by atoms with Crippen molar-refractivity contribution in [2.75, 3.05) is 6.54 Å². The van der Waals surface area contributed by atoms with Crippen molar-refractivity contribution >= 4 is 41.8 Å². The fourth-order valence-corrected chi connectivity index (χ4v) is 2.71. The summed E-state index contributed by atoms with van der Waals surface area (Å²) in [5, 5.41) is 3.12. The van der Waals surface area contributed by atoms with E-state index in [2.05, 4.69) is 10.3 Å². The molecule has 25 heavy (non-hydrogen) atoms. The van der Waals surface area contributed by atoms with Crippen molar-refractivity contribution in [1.29, 1.82) is 0 Å². The fourth-order valence-electron chi connectivity index (χ4n) is 2.71. The number of rotatable bonds is 4. The number of halogens is 2. The first kappa shape index (κ1) is 21.1. The normalized spacial score (nSPS) is 14.4. The summed E-state index contributed by atoms with van der Waals surface area (Å²) in [4.78, 5) is 40.6. The minimum absolute atomic E-state index is 0. The summed E-state index contributed by atoms with van der Waals surface area (Å²) in [7, 11) is 2.93. The molecule has 1 aliphatic carbocycles. The van der Waals surface area contributed by atoms with Crippen LogP contribution in [0, 0.1) is 5.92 Å². The van der Waals surface area contributed by atoms with E-state index in [1.54, 1.807) is 0 Å². The van der Waals surface area contributed by atoms with Gasteiger partial charge < -0.3 is 11.1 Å². The standard InChI is InChI=1S/C15H19N5O3.2ClH/c1-19-12-10(14(22)20(2)15(19)23)5-9(7-17-12)13(21)18-11(6-16)8-3-4-8;;/h5,7-8,11H,3-4,6,16H2,1-2H3,(H,18,21);2*1H. The molecule has 3 rings (SSSR count). The number of hydrogen-bond donors (Lipinski definition) is 2. The molecular formula is C15H21Cl2N5O3. The van der Waals surface area contributed by atoms with Crippen LogP contribution in [0.15, 0.2) is 21.9 Å². The van der Waals surface area contributed by atoms with Gasteiger partial charge in [0.05, 0.1) is 10.9 Å². The second kappa shape index (κ2) is 7.99. The van der Waals surface area contributed by atoms with Gasteiger partial charge in [0, 0.05) is 32.9 Å². The maximum absolute atomic E-state index is 12.4. The van der Waals surface area contributed by atoms with Gasteiger partial charge in [-0.05, 0) is 24.8 Å². The van der Waals surface area contributed by atoms with Gasteiger partial charge in [-0.25, -0.2) is 9.78 Å². The van der Waals surface area contributed by atoms with E-state index in [4.69, 9.17) is 5.73 Å². The zero-order valence-electron chi connectivity index (χ0n) is 13.9. The smallest absolute Gasteiger partial charge is 0.332 e. The number of aryl methyl sites for hydroxylation is 1. The highest BCUT2D eigenvalue weighted by atomic mass is 35.5. The summed E-state index contributed by atoms with van der Waals surface area (Å²) in [6, 6.07) is 1.42. The predicted molar refractivity (Wildman–Crippen MR) is 99.8 cm³/mol. The van der Waals surface area contributed by atoms with Gasteiger partial charge in [0.15, 0.2) is 0 Å². The molecular weight excluding hydrogens is 369 g/mol. The molecule has 8 nitrogen and oxygen atoms in total. The van der Waals surface area contributed by atoms with Crippen molar-refractivity contribution in [2.24, 2.45) is 25.7 Å². The highest BCUT2D eigenvalue weighted by Crippen LogP contribution is 2.32. The molecule has 2 aromatic heterocycles. The zero-order chi connectivity index (χ0) is 16.7. The number of carbonyl (C=O) groups excluding carboxylic acids is 1. The molecule has 0 radical (unpaired) electrons. The number of nitrogens with two attached hydrogens (primary N) is 1. The largest absolute Gasteiger partial charge is 0.348 e. The third kappa shape index (κ3) is 3.86. The fraction of sp³-hybridized carbons (Fsp3) is 0.467. The molecule has 0 spiro atoms. The number of nitrogens with one attached hydrogen (secondary N) is 1. The molecule has 3 N–H and O–H groups in total. The van der Waals surface area contributed by atoms with Gasteiger partial charge in [-0.15, -0.1) is 24.8 Å². The summed E-state index contributed by atoms with van der Waals surface area (Å²) in [6.07, 6.45) is 3.51. The lowest BCUT2D eigenvalue weighted by atomic mass is 10.1. The molecule has 1 aliphatic rings. The topological polar surface area (TPSA) is 112 Å². The average molecular weight is 390 g/mol. The van der Waals surface area contributed by atoms with Crippen molar-refractivity contribution in [3.63, 3.8) is 0 Å². The van der Waals surface area contributed by atoms with E-state index in [-0.39, 0.29) is 53.4 Å². The lowest BCUT2D eigenvalue weighted by Crippen LogP contribution is -2.42. The van der Waals surface area contributed by atoms with Crippen LogP contribution in [0.2, 0.25) is 0 Å². The molecule has 1 amide bonds.